The molecule has 8 heteroatoms. The maximum Gasteiger partial charge on any atom is 0.265 e. The lowest BCUT2D eigenvalue weighted by atomic mass is 10.1. The van der Waals surface area contributed by atoms with Crippen LogP contribution in [-0.4, -0.2) is 43.6 Å². The van der Waals surface area contributed by atoms with Crippen LogP contribution in [0, 0.1) is 0 Å². The molecule has 1 saturated heterocycles. The van der Waals surface area contributed by atoms with Crippen molar-refractivity contribution in [3.8, 4) is 11.5 Å². The Hall–Kier alpha value is -2.19. The highest BCUT2D eigenvalue weighted by Crippen LogP contribution is 2.34. The van der Waals surface area contributed by atoms with E-state index < -0.39 is 0 Å². The summed E-state index contributed by atoms with van der Waals surface area (Å²) in [5, 5.41) is 7.67. The molecule has 1 aromatic carbocycles. The lowest BCUT2D eigenvalue weighted by molar-refractivity contribution is 0.0941. The molecule has 1 unspecified atom stereocenters. The number of methoxy groups -OCH3 is 2. The molecule has 0 spiro atoms. The van der Waals surface area contributed by atoms with E-state index in [1.807, 2.05) is 17.1 Å². The summed E-state index contributed by atoms with van der Waals surface area (Å²) in [6.45, 7) is 0. The van der Waals surface area contributed by atoms with E-state index in [1.54, 1.807) is 24.3 Å². The Morgan fingerprint density at radius 2 is 1.92 bits per heavy atom. The molecule has 26 heavy (non-hydrogen) atoms. The average Bonchev–Trinajstić information content (AvgIpc) is 3.35. The SMILES string of the molecule is COc1cc(NC(=O)c2cccs2)c(C(=O)NC2CCSC2)cc1OC. The van der Waals surface area contributed by atoms with E-state index >= 15 is 0 Å². The van der Waals surface area contributed by atoms with Gasteiger partial charge in [-0.15, -0.1) is 11.3 Å². The third kappa shape index (κ3) is 4.13. The topological polar surface area (TPSA) is 76.7 Å². The summed E-state index contributed by atoms with van der Waals surface area (Å²) >= 11 is 3.16. The monoisotopic (exact) mass is 392 g/mol. The molecule has 2 heterocycles. The normalized spacial score (nSPS) is 16.2. The Kier molecular flexibility index (Phi) is 6.05. The highest BCUT2D eigenvalue weighted by Gasteiger charge is 2.23. The quantitative estimate of drug-likeness (QED) is 0.789. The van der Waals surface area contributed by atoms with Gasteiger partial charge >= 0.3 is 0 Å². The Balaban J connectivity index is 1.91. The van der Waals surface area contributed by atoms with Crippen molar-refractivity contribution in [3.63, 3.8) is 0 Å². The third-order valence-electron chi connectivity index (χ3n) is 4.03. The number of ether oxygens (including phenoxy) is 2. The number of carbonyl (C=O) groups excluding carboxylic acids is 2. The predicted molar refractivity (Wildman–Crippen MR) is 105 cm³/mol. The predicted octanol–water partition coefficient (Wildman–Crippen LogP) is 3.25. The molecule has 1 aromatic heterocycles. The maximum atomic E-state index is 12.8. The first kappa shape index (κ1) is 18.6. The molecule has 1 aliphatic heterocycles. The smallest absolute Gasteiger partial charge is 0.265 e. The van der Waals surface area contributed by atoms with Crippen molar-refractivity contribution in [3.05, 3.63) is 40.1 Å². The van der Waals surface area contributed by atoms with Gasteiger partial charge in [0.25, 0.3) is 11.8 Å². The molecule has 2 amide bonds. The second kappa shape index (κ2) is 8.46. The van der Waals surface area contributed by atoms with E-state index in [2.05, 4.69) is 10.6 Å². The standard InChI is InChI=1S/C18H20N2O4S2/c1-23-14-8-12(17(21)19-11-5-7-25-10-11)13(9-15(14)24-2)20-18(22)16-4-3-6-26-16/h3-4,6,8-9,11H,5,7,10H2,1-2H3,(H,19,21)(H,20,22). The molecule has 0 radical (unpaired) electrons. The number of carbonyl (C=O) groups is 2. The number of amides is 2. The second-order valence-electron chi connectivity index (χ2n) is 5.72. The fourth-order valence-electron chi connectivity index (χ4n) is 2.67. The Morgan fingerprint density at radius 3 is 2.54 bits per heavy atom. The van der Waals surface area contributed by atoms with E-state index in [-0.39, 0.29) is 17.9 Å². The van der Waals surface area contributed by atoms with Gasteiger partial charge in [-0.1, -0.05) is 6.07 Å². The minimum Gasteiger partial charge on any atom is -0.493 e. The molecule has 3 rings (SSSR count). The third-order valence-corrected chi connectivity index (χ3v) is 6.06. The van der Waals surface area contributed by atoms with Crippen LogP contribution in [0.2, 0.25) is 0 Å². The molecule has 0 saturated carbocycles. The van der Waals surface area contributed by atoms with Crippen LogP contribution in [0.15, 0.2) is 29.6 Å². The number of rotatable bonds is 6. The molecule has 0 aliphatic carbocycles. The van der Waals surface area contributed by atoms with Crippen LogP contribution in [0.4, 0.5) is 5.69 Å². The Labute approximate surface area is 160 Å². The maximum absolute atomic E-state index is 12.8. The number of benzene rings is 1. The molecule has 1 atom stereocenters. The summed E-state index contributed by atoms with van der Waals surface area (Å²) in [6.07, 6.45) is 0.945. The van der Waals surface area contributed by atoms with Gasteiger partial charge in [-0.25, -0.2) is 0 Å². The van der Waals surface area contributed by atoms with Gasteiger partial charge in [-0.2, -0.15) is 11.8 Å². The van der Waals surface area contributed by atoms with Crippen LogP contribution in [0.3, 0.4) is 0 Å². The van der Waals surface area contributed by atoms with Crippen molar-refractivity contribution < 1.29 is 19.1 Å². The second-order valence-corrected chi connectivity index (χ2v) is 7.82. The van der Waals surface area contributed by atoms with Crippen molar-refractivity contribution in [1.82, 2.24) is 5.32 Å². The van der Waals surface area contributed by atoms with Crippen LogP contribution in [-0.2, 0) is 0 Å². The highest BCUT2D eigenvalue weighted by molar-refractivity contribution is 7.99. The summed E-state index contributed by atoms with van der Waals surface area (Å²) in [5.41, 5.74) is 0.744. The highest BCUT2D eigenvalue weighted by atomic mass is 32.2. The van der Waals surface area contributed by atoms with Gasteiger partial charge in [0.2, 0.25) is 0 Å². The number of hydrogen-bond acceptors (Lipinski definition) is 6. The fourth-order valence-corrected chi connectivity index (χ4v) is 4.44. The Bertz CT molecular complexity index is 787. The van der Waals surface area contributed by atoms with Crippen molar-refractivity contribution in [1.29, 1.82) is 0 Å². The van der Waals surface area contributed by atoms with Crippen molar-refractivity contribution in [2.45, 2.75) is 12.5 Å². The zero-order valence-electron chi connectivity index (χ0n) is 14.5. The van der Waals surface area contributed by atoms with Crippen molar-refractivity contribution in [2.75, 3.05) is 31.0 Å². The molecular weight excluding hydrogens is 372 g/mol. The first-order valence-corrected chi connectivity index (χ1v) is 10.1. The lowest BCUT2D eigenvalue weighted by Gasteiger charge is -2.17. The summed E-state index contributed by atoms with van der Waals surface area (Å²) in [4.78, 5) is 25.8. The number of nitrogens with one attached hydrogen (secondary N) is 2. The van der Waals surface area contributed by atoms with Crippen LogP contribution in [0.5, 0.6) is 11.5 Å². The molecule has 2 aromatic rings. The zero-order chi connectivity index (χ0) is 18.5. The molecule has 6 nitrogen and oxygen atoms in total. The summed E-state index contributed by atoms with van der Waals surface area (Å²) in [7, 11) is 3.02. The van der Waals surface area contributed by atoms with Gasteiger partial charge in [-0.05, 0) is 29.7 Å². The van der Waals surface area contributed by atoms with E-state index in [0.717, 1.165) is 17.9 Å². The van der Waals surface area contributed by atoms with Crippen LogP contribution >= 0.6 is 23.1 Å². The molecule has 1 aliphatic rings. The first-order chi connectivity index (χ1) is 12.6. The van der Waals surface area contributed by atoms with Gasteiger partial charge in [-0.3, -0.25) is 9.59 Å². The van der Waals surface area contributed by atoms with E-state index in [9.17, 15) is 9.59 Å². The van der Waals surface area contributed by atoms with Crippen LogP contribution in [0.25, 0.3) is 0 Å². The van der Waals surface area contributed by atoms with E-state index in [0.29, 0.717) is 27.6 Å². The molecule has 2 N–H and O–H groups in total. The minimum atomic E-state index is -0.266. The number of thiophene rings is 1. The number of hydrogen-bond donors (Lipinski definition) is 2. The summed E-state index contributed by atoms with van der Waals surface area (Å²) in [6, 6.07) is 6.89. The average molecular weight is 393 g/mol. The molecule has 138 valence electrons. The number of anilines is 1. The summed E-state index contributed by atoms with van der Waals surface area (Å²) in [5.74, 6) is 2.32. The van der Waals surface area contributed by atoms with Crippen molar-refractivity contribution >= 4 is 40.6 Å². The lowest BCUT2D eigenvalue weighted by Crippen LogP contribution is -2.35. The van der Waals surface area contributed by atoms with Gasteiger partial charge < -0.3 is 20.1 Å². The fraction of sp³-hybridized carbons (Fsp3) is 0.333. The van der Waals surface area contributed by atoms with Gasteiger partial charge in [0.15, 0.2) is 11.5 Å². The molecule has 1 fully saturated rings. The van der Waals surface area contributed by atoms with E-state index in [4.69, 9.17) is 9.47 Å². The minimum absolute atomic E-state index is 0.140. The van der Waals surface area contributed by atoms with Crippen molar-refractivity contribution in [2.24, 2.45) is 0 Å². The van der Waals surface area contributed by atoms with Gasteiger partial charge in [0.1, 0.15) is 0 Å². The Morgan fingerprint density at radius 1 is 1.15 bits per heavy atom. The molecule has 0 bridgehead atoms. The number of thioether (sulfide) groups is 1. The summed E-state index contributed by atoms with van der Waals surface area (Å²) < 4.78 is 10.6. The largest absolute Gasteiger partial charge is 0.493 e. The van der Waals surface area contributed by atoms with Gasteiger partial charge in [0.05, 0.1) is 30.3 Å². The first-order valence-electron chi connectivity index (χ1n) is 8.12. The zero-order valence-corrected chi connectivity index (χ0v) is 16.2. The van der Waals surface area contributed by atoms with E-state index in [1.165, 1.54) is 25.6 Å². The molecular formula is C18H20N2O4S2. The van der Waals surface area contributed by atoms with Crippen LogP contribution < -0.4 is 20.1 Å². The van der Waals surface area contributed by atoms with Gasteiger partial charge in [0, 0.05) is 17.9 Å². The van der Waals surface area contributed by atoms with Crippen LogP contribution in [0.1, 0.15) is 26.5 Å².